The van der Waals surface area contributed by atoms with E-state index in [2.05, 4.69) is 6.58 Å². The van der Waals surface area contributed by atoms with Crippen LogP contribution < -0.4 is 0 Å². The van der Waals surface area contributed by atoms with Crippen LogP contribution in [0.3, 0.4) is 0 Å². The zero-order valence-electron chi connectivity index (χ0n) is 10.7. The highest BCUT2D eigenvalue weighted by molar-refractivity contribution is 5.75. The predicted molar refractivity (Wildman–Crippen MR) is 69.4 cm³/mol. The molecule has 4 heteroatoms. The van der Waals surface area contributed by atoms with Crippen LogP contribution in [0.2, 0.25) is 0 Å². The van der Waals surface area contributed by atoms with Crippen LogP contribution in [0, 0.1) is 0 Å². The Morgan fingerprint density at radius 2 is 1.84 bits per heavy atom. The Kier molecular flexibility index (Phi) is 5.33. The predicted octanol–water partition coefficient (Wildman–Crippen LogP) is 5.33. The fourth-order valence-electron chi connectivity index (χ4n) is 1.75. The van der Waals surface area contributed by atoms with Crippen molar-refractivity contribution in [1.82, 2.24) is 0 Å². The molecule has 19 heavy (non-hydrogen) atoms. The quantitative estimate of drug-likeness (QED) is 0.485. The van der Waals surface area contributed by atoms with E-state index in [1.807, 2.05) is 30.3 Å². The Balaban J connectivity index is 2.87. The van der Waals surface area contributed by atoms with E-state index < -0.39 is 18.8 Å². The zero-order valence-corrected chi connectivity index (χ0v) is 10.7. The molecule has 0 atom stereocenters. The molecule has 1 aromatic carbocycles. The molecule has 1 aromatic rings. The number of hydrogen-bond acceptors (Lipinski definition) is 0. The van der Waals surface area contributed by atoms with Crippen molar-refractivity contribution in [3.05, 3.63) is 54.1 Å². The van der Waals surface area contributed by atoms with Gasteiger partial charge in [0.05, 0.1) is 0 Å². The standard InChI is InChI=1S/C15H16F4/c1-3-13(12-7-5-4-6-8-12)11(2)9-10-15(18,19)14(16)17/h3-8,14H,1,9-10H2,2H3/b13-11+. The van der Waals surface area contributed by atoms with Crippen molar-refractivity contribution in [2.45, 2.75) is 32.1 Å². The van der Waals surface area contributed by atoms with Crippen LogP contribution in [0.4, 0.5) is 17.6 Å². The van der Waals surface area contributed by atoms with Gasteiger partial charge in [-0.15, -0.1) is 0 Å². The van der Waals surface area contributed by atoms with E-state index in [0.29, 0.717) is 11.1 Å². The largest absolute Gasteiger partial charge is 0.307 e. The number of hydrogen-bond donors (Lipinski definition) is 0. The van der Waals surface area contributed by atoms with Crippen LogP contribution >= 0.6 is 0 Å². The van der Waals surface area contributed by atoms with E-state index in [1.165, 1.54) is 0 Å². The molecule has 0 aromatic heterocycles. The molecule has 0 aliphatic heterocycles. The summed E-state index contributed by atoms with van der Waals surface area (Å²) in [5, 5.41) is 0. The molecule has 0 aliphatic carbocycles. The molecule has 1 rings (SSSR count). The Labute approximate surface area is 110 Å². The first-order chi connectivity index (χ1) is 8.88. The Bertz CT molecular complexity index is 446. The third-order valence-electron chi connectivity index (χ3n) is 2.90. The summed E-state index contributed by atoms with van der Waals surface area (Å²) in [6, 6.07) is 9.13. The summed E-state index contributed by atoms with van der Waals surface area (Å²) in [7, 11) is 0. The van der Waals surface area contributed by atoms with Crippen molar-refractivity contribution in [3.8, 4) is 0 Å². The maximum absolute atomic E-state index is 12.9. The lowest BCUT2D eigenvalue weighted by atomic mass is 9.97. The monoisotopic (exact) mass is 272 g/mol. The summed E-state index contributed by atoms with van der Waals surface area (Å²) in [6.45, 7) is 5.30. The fraction of sp³-hybridized carbons (Fsp3) is 0.333. The molecular formula is C15H16F4. The molecule has 0 amide bonds. The lowest BCUT2D eigenvalue weighted by Crippen LogP contribution is -2.26. The van der Waals surface area contributed by atoms with Gasteiger partial charge in [-0.05, 0) is 24.5 Å². The van der Waals surface area contributed by atoms with Crippen LogP contribution in [-0.2, 0) is 0 Å². The number of allylic oxidation sites excluding steroid dienone is 3. The van der Waals surface area contributed by atoms with Crippen LogP contribution in [-0.4, -0.2) is 12.3 Å². The third kappa shape index (κ3) is 4.23. The normalized spacial score (nSPS) is 13.4. The maximum Gasteiger partial charge on any atom is 0.307 e. The fourth-order valence-corrected chi connectivity index (χ4v) is 1.75. The Morgan fingerprint density at radius 3 is 2.32 bits per heavy atom. The molecule has 0 radical (unpaired) electrons. The molecular weight excluding hydrogens is 256 g/mol. The molecule has 0 unspecified atom stereocenters. The minimum Gasteiger partial charge on any atom is -0.204 e. The lowest BCUT2D eigenvalue weighted by molar-refractivity contribution is -0.132. The van der Waals surface area contributed by atoms with Crippen LogP contribution in [0.25, 0.3) is 5.57 Å². The van der Waals surface area contributed by atoms with Crippen molar-refractivity contribution in [3.63, 3.8) is 0 Å². The van der Waals surface area contributed by atoms with E-state index in [9.17, 15) is 17.6 Å². The molecule has 0 saturated carbocycles. The molecule has 0 aliphatic rings. The molecule has 104 valence electrons. The summed E-state index contributed by atoms with van der Waals surface area (Å²) in [6.07, 6.45) is -3.01. The summed E-state index contributed by atoms with van der Waals surface area (Å²) >= 11 is 0. The summed E-state index contributed by atoms with van der Waals surface area (Å²) in [5.74, 6) is -3.94. The third-order valence-corrected chi connectivity index (χ3v) is 2.90. The van der Waals surface area contributed by atoms with Crippen molar-refractivity contribution >= 4 is 5.57 Å². The van der Waals surface area contributed by atoms with Crippen molar-refractivity contribution in [1.29, 1.82) is 0 Å². The minimum absolute atomic E-state index is 0.0897. The number of alkyl halides is 4. The first kappa shape index (κ1) is 15.5. The van der Waals surface area contributed by atoms with Crippen molar-refractivity contribution in [2.24, 2.45) is 0 Å². The summed E-state index contributed by atoms with van der Waals surface area (Å²) in [4.78, 5) is 0. The van der Waals surface area contributed by atoms with Gasteiger partial charge in [-0.3, -0.25) is 0 Å². The second kappa shape index (κ2) is 6.55. The molecule has 0 heterocycles. The van der Waals surface area contributed by atoms with Gasteiger partial charge in [-0.1, -0.05) is 48.6 Å². The van der Waals surface area contributed by atoms with E-state index >= 15 is 0 Å². The maximum atomic E-state index is 12.9. The van der Waals surface area contributed by atoms with Gasteiger partial charge in [0.1, 0.15) is 0 Å². The lowest BCUT2D eigenvalue weighted by Gasteiger charge is -2.16. The smallest absolute Gasteiger partial charge is 0.204 e. The molecule has 0 saturated heterocycles. The number of halogens is 4. The molecule has 0 nitrogen and oxygen atoms in total. The highest BCUT2D eigenvalue weighted by Gasteiger charge is 2.39. The summed E-state index contributed by atoms with van der Waals surface area (Å²) < 4.78 is 49.9. The van der Waals surface area contributed by atoms with E-state index in [1.54, 1.807) is 13.0 Å². The molecule has 0 N–H and O–H groups in total. The van der Waals surface area contributed by atoms with E-state index in [4.69, 9.17) is 0 Å². The van der Waals surface area contributed by atoms with Crippen LogP contribution in [0.15, 0.2) is 48.6 Å². The van der Waals surface area contributed by atoms with Crippen LogP contribution in [0.5, 0.6) is 0 Å². The second-order valence-electron chi connectivity index (χ2n) is 4.33. The average molecular weight is 272 g/mol. The van der Waals surface area contributed by atoms with E-state index in [0.717, 1.165) is 5.56 Å². The second-order valence-corrected chi connectivity index (χ2v) is 4.33. The first-order valence-corrected chi connectivity index (χ1v) is 5.92. The van der Waals surface area contributed by atoms with Gasteiger partial charge < -0.3 is 0 Å². The van der Waals surface area contributed by atoms with E-state index in [-0.39, 0.29) is 6.42 Å². The average Bonchev–Trinajstić information content (AvgIpc) is 2.38. The van der Waals surface area contributed by atoms with Crippen molar-refractivity contribution < 1.29 is 17.6 Å². The summed E-state index contributed by atoms with van der Waals surface area (Å²) in [5.41, 5.74) is 2.18. The van der Waals surface area contributed by atoms with Gasteiger partial charge in [0.15, 0.2) is 0 Å². The van der Waals surface area contributed by atoms with Gasteiger partial charge >= 0.3 is 12.3 Å². The highest BCUT2D eigenvalue weighted by Crippen LogP contribution is 2.31. The number of rotatable bonds is 6. The molecule has 0 spiro atoms. The Morgan fingerprint density at radius 1 is 1.26 bits per heavy atom. The topological polar surface area (TPSA) is 0 Å². The first-order valence-electron chi connectivity index (χ1n) is 5.92. The highest BCUT2D eigenvalue weighted by atomic mass is 19.3. The van der Waals surface area contributed by atoms with Gasteiger partial charge in [0.25, 0.3) is 0 Å². The molecule has 0 fully saturated rings. The zero-order chi connectivity index (χ0) is 14.5. The van der Waals surface area contributed by atoms with Gasteiger partial charge in [-0.2, -0.15) is 0 Å². The van der Waals surface area contributed by atoms with Gasteiger partial charge in [0, 0.05) is 6.42 Å². The SMILES string of the molecule is C=C/C(=C(/C)CCC(F)(F)C(F)F)c1ccccc1. The van der Waals surface area contributed by atoms with Crippen LogP contribution in [0.1, 0.15) is 25.3 Å². The van der Waals surface area contributed by atoms with Gasteiger partial charge in [0.2, 0.25) is 0 Å². The van der Waals surface area contributed by atoms with Crippen molar-refractivity contribution in [2.75, 3.05) is 0 Å². The van der Waals surface area contributed by atoms with Gasteiger partial charge in [-0.25, -0.2) is 17.6 Å². The number of benzene rings is 1. The molecule has 0 bridgehead atoms. The Hall–Kier alpha value is -1.58. The minimum atomic E-state index is -3.94.